The van der Waals surface area contributed by atoms with Crippen molar-refractivity contribution in [2.75, 3.05) is 13.2 Å². The summed E-state index contributed by atoms with van der Waals surface area (Å²) < 4.78 is 49.8. The number of nitrogens with zero attached hydrogens (tertiary/aromatic N) is 1. The van der Waals surface area contributed by atoms with Gasteiger partial charge in [0.1, 0.15) is 17.9 Å². The van der Waals surface area contributed by atoms with E-state index in [1.807, 2.05) is 4.98 Å². The predicted octanol–water partition coefficient (Wildman–Crippen LogP) is -16.7. The van der Waals surface area contributed by atoms with E-state index in [2.05, 4.69) is 25.0 Å². The number of hydrogen-bond acceptors (Lipinski definition) is 15. The largest absolute Gasteiger partial charge is 1.00 e. The first-order valence-corrected chi connectivity index (χ1v) is 12.6. The molecule has 180 valence electrons. The van der Waals surface area contributed by atoms with E-state index in [1.165, 1.54) is 0 Å². The minimum Gasteiger partial charge on any atom is -0.790 e. The van der Waals surface area contributed by atoms with Crippen molar-refractivity contribution in [3.05, 3.63) is 32.6 Å². The van der Waals surface area contributed by atoms with Crippen LogP contribution in [0.1, 0.15) is 18.2 Å². The van der Waals surface area contributed by atoms with Crippen LogP contribution in [0.2, 0.25) is 0 Å². The van der Waals surface area contributed by atoms with E-state index in [0.29, 0.717) is 0 Å². The molecule has 0 radical (unpaired) electrons. The van der Waals surface area contributed by atoms with E-state index in [0.717, 1.165) is 10.8 Å². The van der Waals surface area contributed by atoms with E-state index in [9.17, 15) is 48.0 Å². The number of phosphoric ester groups is 1. The van der Waals surface area contributed by atoms with Gasteiger partial charge in [-0.2, -0.15) is 0 Å². The second-order valence-electron chi connectivity index (χ2n) is 5.95. The van der Waals surface area contributed by atoms with Crippen molar-refractivity contribution >= 4 is 23.5 Å². The van der Waals surface area contributed by atoms with Gasteiger partial charge in [0.25, 0.3) is 21.2 Å². The summed E-state index contributed by atoms with van der Waals surface area (Å²) in [6, 6.07) is 0. The van der Waals surface area contributed by atoms with Crippen LogP contribution in [-0.4, -0.2) is 40.0 Å². The minimum absolute atomic E-state index is 0. The Kier molecular flexibility index (Phi) is 19.4. The Morgan fingerprint density at radius 2 is 1.69 bits per heavy atom. The van der Waals surface area contributed by atoms with Crippen LogP contribution in [0.4, 0.5) is 0 Å². The predicted molar refractivity (Wildman–Crippen MR) is 92.7 cm³/mol. The first kappa shape index (κ1) is 41.4. The summed E-state index contributed by atoms with van der Waals surface area (Å²) in [5, 5.41) is 10.0. The molecule has 1 saturated heterocycles. The molecule has 5 atom stereocenters. The van der Waals surface area contributed by atoms with Crippen LogP contribution in [0.15, 0.2) is 15.8 Å². The Morgan fingerprint density at radius 3 is 2.22 bits per heavy atom. The van der Waals surface area contributed by atoms with Crippen LogP contribution >= 0.6 is 23.5 Å². The second kappa shape index (κ2) is 16.9. The van der Waals surface area contributed by atoms with Gasteiger partial charge in [-0.3, -0.25) is 27.8 Å². The number of nitrogens with two attached hydrogens (primary N) is 1. The first-order chi connectivity index (χ1) is 14.6. The molecule has 17 nitrogen and oxygen atoms in total. The summed E-state index contributed by atoms with van der Waals surface area (Å²) in [5.41, 5.74) is 3.33. The average Bonchev–Trinajstić information content (AvgIpc) is 2.97. The van der Waals surface area contributed by atoms with Gasteiger partial charge in [-0.05, 0) is 0 Å². The first-order valence-electron chi connectivity index (χ1n) is 8.22. The Bertz CT molecular complexity index is 1180. The number of hydrogen-bond donors (Lipinski definition) is 3. The Balaban J connectivity index is -0.00000272. The van der Waals surface area contributed by atoms with Gasteiger partial charge in [-0.1, -0.05) is 11.8 Å². The van der Waals surface area contributed by atoms with Gasteiger partial charge in [-0.25, -0.2) is 9.11 Å². The van der Waals surface area contributed by atoms with Gasteiger partial charge < -0.3 is 44.2 Å². The Labute approximate surface area is 251 Å². The molecule has 2 rings (SSSR count). The molecule has 0 bridgehead atoms. The van der Waals surface area contributed by atoms with E-state index in [-0.39, 0.29) is 94.0 Å². The third-order valence-corrected chi connectivity index (χ3v) is 7.27. The van der Waals surface area contributed by atoms with Crippen molar-refractivity contribution in [2.45, 2.75) is 24.9 Å². The molecule has 0 aromatic carbocycles. The van der Waals surface area contributed by atoms with Crippen molar-refractivity contribution < 1.29 is 132 Å². The molecule has 0 saturated carbocycles. The van der Waals surface area contributed by atoms with Crippen molar-refractivity contribution in [1.29, 1.82) is 0 Å². The van der Waals surface area contributed by atoms with Crippen LogP contribution in [0.5, 0.6) is 0 Å². The topological polar surface area (TPSA) is 281 Å². The van der Waals surface area contributed by atoms with Crippen molar-refractivity contribution in [1.82, 2.24) is 9.55 Å². The summed E-state index contributed by atoms with van der Waals surface area (Å²) in [4.78, 5) is 69.0. The smallest absolute Gasteiger partial charge is 0.790 e. The van der Waals surface area contributed by atoms with Crippen LogP contribution < -0.4 is 112 Å². The normalized spacial score (nSPS) is 22.1. The third kappa shape index (κ3) is 13.3. The van der Waals surface area contributed by atoms with E-state index in [4.69, 9.17) is 10.5 Å². The fourth-order valence-electron chi connectivity index (χ4n) is 2.42. The number of aliphatic hydroxyl groups excluding tert-OH is 1. The van der Waals surface area contributed by atoms with E-state index >= 15 is 0 Å². The van der Waals surface area contributed by atoms with Crippen LogP contribution in [-0.2, 0) is 31.6 Å². The zero-order chi connectivity index (χ0) is 24.3. The summed E-state index contributed by atoms with van der Waals surface area (Å²) in [5.74, 6) is 4.83. The number of nitrogens with one attached hydrogen (secondary N) is 1. The summed E-state index contributed by atoms with van der Waals surface area (Å²) in [7, 11) is -18.1. The van der Waals surface area contributed by atoms with Gasteiger partial charge in [0.2, 0.25) is 0 Å². The van der Waals surface area contributed by atoms with Gasteiger partial charge in [-0.15, -0.1) is 0 Å². The maximum atomic E-state index is 12.0. The quantitative estimate of drug-likeness (QED) is 0.155. The summed E-state index contributed by atoms with van der Waals surface area (Å²) in [6.45, 7) is -1.11. The standard InChI is InChI=1S/C12H18N3O14P3.4Li/c13-3-1-2-7-5-15(12(18)14-11(7)17)10-4-8(16)9(27-10)6-26-31(22,23)29-32(24,25)28-30(19,20)21;;;;/h5,8-10,16H,3-4,6,13H2,(H,22,23)(H,24,25)(H,14,17,18)(H2,19,20,21);;;;/q;4*+1/p-4. The molecule has 1 aliphatic rings. The van der Waals surface area contributed by atoms with E-state index in [1.54, 1.807) is 0 Å². The average molecular weight is 545 g/mol. The van der Waals surface area contributed by atoms with E-state index < -0.39 is 59.8 Å². The third-order valence-electron chi connectivity index (χ3n) is 3.60. The van der Waals surface area contributed by atoms with Gasteiger partial charge >= 0.3 is 81.1 Å². The molecule has 0 aliphatic carbocycles. The van der Waals surface area contributed by atoms with Crippen molar-refractivity contribution in [3.63, 3.8) is 0 Å². The van der Waals surface area contributed by atoms with Gasteiger partial charge in [0.15, 0.2) is 0 Å². The molecule has 1 aromatic rings. The molecule has 2 heterocycles. The van der Waals surface area contributed by atoms with Gasteiger partial charge in [0, 0.05) is 12.6 Å². The molecule has 0 amide bonds. The molecule has 36 heavy (non-hydrogen) atoms. The SMILES string of the molecule is NCC#Cc1cn(C2CC(O)C(COP(=O)([O-])OP(=O)([O-])OP(=O)([O-])[O-])O2)c(=O)[nH]c1=O.[Li+].[Li+].[Li+].[Li+]. The molecular formula is C12H14Li4N3O14P3. The number of rotatable bonds is 8. The molecule has 24 heteroatoms. The molecular weight excluding hydrogens is 531 g/mol. The number of phosphoric acid groups is 3. The molecule has 1 fully saturated rings. The number of H-pyrrole nitrogens is 1. The monoisotopic (exact) mass is 545 g/mol. The fourth-order valence-corrected chi connectivity index (χ4v) is 5.28. The van der Waals surface area contributed by atoms with Crippen molar-refractivity contribution in [2.24, 2.45) is 5.73 Å². The Hall–Kier alpha value is 0.920. The molecule has 1 aliphatic heterocycles. The van der Waals surface area contributed by atoms with Crippen LogP contribution in [0.3, 0.4) is 0 Å². The zero-order valence-corrected chi connectivity index (χ0v) is 22.2. The molecule has 0 spiro atoms. The second-order valence-corrected chi connectivity index (χ2v) is 10.2. The van der Waals surface area contributed by atoms with Gasteiger partial charge in [0.05, 0.1) is 27.1 Å². The number of aromatic amines is 1. The zero-order valence-electron chi connectivity index (χ0n) is 19.6. The maximum absolute atomic E-state index is 12.0. The minimum atomic E-state index is -6.14. The molecule has 4 N–H and O–H groups in total. The number of ether oxygens (including phenoxy) is 1. The van der Waals surface area contributed by atoms with Crippen LogP contribution in [0.25, 0.3) is 0 Å². The van der Waals surface area contributed by atoms with Crippen LogP contribution in [0, 0.1) is 11.8 Å². The number of aromatic nitrogens is 2. The Morgan fingerprint density at radius 1 is 1.11 bits per heavy atom. The molecule has 1 aromatic heterocycles. The fraction of sp³-hybridized carbons (Fsp3) is 0.500. The maximum Gasteiger partial charge on any atom is 1.00 e. The van der Waals surface area contributed by atoms with Crippen molar-refractivity contribution in [3.8, 4) is 11.8 Å². The summed E-state index contributed by atoms with van der Waals surface area (Å²) in [6.07, 6.45) is -3.35. The summed E-state index contributed by atoms with van der Waals surface area (Å²) >= 11 is 0. The number of aliphatic hydroxyl groups is 1. The molecule has 5 unspecified atom stereocenters.